The second-order valence-corrected chi connectivity index (χ2v) is 15.6. The fraction of sp³-hybridized carbons (Fsp3) is 0.524. The summed E-state index contributed by atoms with van der Waals surface area (Å²) in [7, 11) is -1.37. The minimum atomic E-state index is -1.37. The van der Waals surface area contributed by atoms with Crippen molar-refractivity contribution in [3.05, 3.63) is 45.9 Å². The molecule has 0 radical (unpaired) electrons. The standard InChI is InChI=1S/C21H27BrOSi/c1-21-11-13(23)9-17(21)16-10-18(22)14-7-5-6-8-15(14)20(16)19(12-21)24(2,3)4/h5-8,10,13,17,19,23H,9,11-12H2,1-4H3/t13-,17+,19?,21+/m0/s1. The van der Waals surface area contributed by atoms with Gasteiger partial charge in [-0.1, -0.05) is 66.8 Å². The highest BCUT2D eigenvalue weighted by atomic mass is 79.9. The minimum Gasteiger partial charge on any atom is -0.393 e. The van der Waals surface area contributed by atoms with Crippen LogP contribution in [0.4, 0.5) is 0 Å². The van der Waals surface area contributed by atoms with Crippen molar-refractivity contribution >= 4 is 34.8 Å². The fourth-order valence-electron chi connectivity index (χ4n) is 5.41. The topological polar surface area (TPSA) is 20.2 Å². The van der Waals surface area contributed by atoms with Gasteiger partial charge in [0.15, 0.2) is 0 Å². The molecule has 1 unspecified atom stereocenters. The van der Waals surface area contributed by atoms with Gasteiger partial charge in [0.05, 0.1) is 14.2 Å². The number of aliphatic hydroxyl groups is 1. The molecule has 0 saturated heterocycles. The van der Waals surface area contributed by atoms with Crippen LogP contribution in [0.2, 0.25) is 19.6 Å². The zero-order valence-corrected chi connectivity index (χ0v) is 17.7. The molecule has 4 atom stereocenters. The first-order chi connectivity index (χ1) is 11.2. The summed E-state index contributed by atoms with van der Waals surface area (Å²) >= 11 is 3.82. The Morgan fingerprint density at radius 2 is 1.79 bits per heavy atom. The minimum absolute atomic E-state index is 0.140. The third-order valence-electron chi connectivity index (χ3n) is 6.56. The Bertz CT molecular complexity index is 809. The number of halogens is 1. The van der Waals surface area contributed by atoms with E-state index in [2.05, 4.69) is 72.8 Å². The summed E-state index contributed by atoms with van der Waals surface area (Å²) in [5, 5.41) is 13.2. The molecular weight excluding hydrogens is 376 g/mol. The zero-order valence-electron chi connectivity index (χ0n) is 15.1. The van der Waals surface area contributed by atoms with Gasteiger partial charge in [-0.25, -0.2) is 0 Å². The summed E-state index contributed by atoms with van der Waals surface area (Å²) in [4.78, 5) is 0. The van der Waals surface area contributed by atoms with Crippen LogP contribution in [0, 0.1) is 5.41 Å². The van der Waals surface area contributed by atoms with Gasteiger partial charge in [0.1, 0.15) is 0 Å². The Kier molecular flexibility index (Phi) is 3.80. The molecule has 128 valence electrons. The molecule has 0 aromatic heterocycles. The van der Waals surface area contributed by atoms with E-state index in [0.717, 1.165) is 12.8 Å². The molecular formula is C21H27BrOSi. The number of aliphatic hydroxyl groups excluding tert-OH is 1. The second kappa shape index (κ2) is 5.42. The van der Waals surface area contributed by atoms with Crippen LogP contribution in [0.25, 0.3) is 10.8 Å². The monoisotopic (exact) mass is 402 g/mol. The van der Waals surface area contributed by atoms with Crippen molar-refractivity contribution in [3.63, 3.8) is 0 Å². The number of hydrogen-bond acceptors (Lipinski definition) is 1. The van der Waals surface area contributed by atoms with Crippen molar-refractivity contribution in [2.45, 2.75) is 63.4 Å². The lowest BCUT2D eigenvalue weighted by Gasteiger charge is -2.46. The van der Waals surface area contributed by atoms with Crippen molar-refractivity contribution in [2.75, 3.05) is 0 Å². The average molecular weight is 403 g/mol. The Labute approximate surface area is 154 Å². The number of hydrogen-bond donors (Lipinski definition) is 1. The first-order valence-corrected chi connectivity index (χ1v) is 13.5. The summed E-state index contributed by atoms with van der Waals surface area (Å²) in [6.07, 6.45) is 2.98. The molecule has 4 rings (SSSR count). The molecule has 2 aromatic carbocycles. The number of benzene rings is 2. The molecule has 24 heavy (non-hydrogen) atoms. The molecule has 1 saturated carbocycles. The average Bonchev–Trinajstić information content (AvgIpc) is 2.80. The first-order valence-electron chi connectivity index (χ1n) is 9.10. The third-order valence-corrected chi connectivity index (χ3v) is 9.80. The largest absolute Gasteiger partial charge is 0.393 e. The highest BCUT2D eigenvalue weighted by Gasteiger charge is 2.52. The summed E-state index contributed by atoms with van der Waals surface area (Å²) in [6, 6.07) is 11.2. The molecule has 1 fully saturated rings. The lowest BCUT2D eigenvalue weighted by Crippen LogP contribution is -2.40. The molecule has 3 heteroatoms. The predicted octanol–water partition coefficient (Wildman–Crippen LogP) is 6.21. The Hall–Kier alpha value is -0.643. The van der Waals surface area contributed by atoms with Gasteiger partial charge in [0, 0.05) is 4.47 Å². The van der Waals surface area contributed by atoms with E-state index in [4.69, 9.17) is 0 Å². The van der Waals surface area contributed by atoms with Crippen LogP contribution < -0.4 is 0 Å². The summed E-state index contributed by atoms with van der Waals surface area (Å²) in [5.74, 6) is 0.496. The molecule has 2 aliphatic rings. The van der Waals surface area contributed by atoms with E-state index in [1.165, 1.54) is 27.2 Å². The SMILES string of the molecule is C[C@@]12CC([Si](C)(C)C)c3c(cc(Br)c4ccccc34)[C@H]1C[C@H](O)C2. The van der Waals surface area contributed by atoms with Crippen molar-refractivity contribution in [1.29, 1.82) is 0 Å². The molecule has 1 N–H and O–H groups in total. The van der Waals surface area contributed by atoms with Gasteiger partial charge in [-0.2, -0.15) is 0 Å². The zero-order chi connectivity index (χ0) is 17.3. The summed E-state index contributed by atoms with van der Waals surface area (Å²) < 4.78 is 1.21. The van der Waals surface area contributed by atoms with Gasteiger partial charge >= 0.3 is 0 Å². The maximum Gasteiger partial charge on any atom is 0.0551 e. The fourth-order valence-corrected chi connectivity index (χ4v) is 8.27. The van der Waals surface area contributed by atoms with Crippen molar-refractivity contribution in [1.82, 2.24) is 0 Å². The molecule has 2 aliphatic carbocycles. The number of rotatable bonds is 1. The van der Waals surface area contributed by atoms with Gasteiger partial charge < -0.3 is 5.11 Å². The Balaban J connectivity index is 2.05. The van der Waals surface area contributed by atoms with E-state index in [1.54, 1.807) is 5.56 Å². The Morgan fingerprint density at radius 3 is 2.46 bits per heavy atom. The molecule has 0 heterocycles. The van der Waals surface area contributed by atoms with Crippen LogP contribution >= 0.6 is 15.9 Å². The van der Waals surface area contributed by atoms with Crippen LogP contribution in [0.15, 0.2) is 34.8 Å². The quantitative estimate of drug-likeness (QED) is 0.561. The van der Waals surface area contributed by atoms with Crippen LogP contribution in [0.5, 0.6) is 0 Å². The van der Waals surface area contributed by atoms with Gasteiger partial charge in [-0.3, -0.25) is 0 Å². The van der Waals surface area contributed by atoms with Crippen LogP contribution in [0.3, 0.4) is 0 Å². The lowest BCUT2D eigenvalue weighted by atomic mass is 9.66. The van der Waals surface area contributed by atoms with E-state index >= 15 is 0 Å². The lowest BCUT2D eigenvalue weighted by molar-refractivity contribution is 0.158. The number of fused-ring (bicyclic) bond motifs is 5. The summed E-state index contributed by atoms with van der Waals surface area (Å²) in [6.45, 7) is 9.95. The third kappa shape index (κ3) is 2.43. The summed E-state index contributed by atoms with van der Waals surface area (Å²) in [5.41, 5.74) is 4.03. The van der Waals surface area contributed by atoms with Crippen LogP contribution in [-0.4, -0.2) is 19.3 Å². The van der Waals surface area contributed by atoms with Gasteiger partial charge in [-0.15, -0.1) is 0 Å². The van der Waals surface area contributed by atoms with Crippen molar-refractivity contribution in [2.24, 2.45) is 5.41 Å². The molecule has 0 spiro atoms. The normalized spacial score (nSPS) is 32.7. The van der Waals surface area contributed by atoms with Gasteiger partial charge in [-0.05, 0) is 64.1 Å². The van der Waals surface area contributed by atoms with E-state index in [-0.39, 0.29) is 11.5 Å². The second-order valence-electron chi connectivity index (χ2n) is 9.33. The highest BCUT2D eigenvalue weighted by molar-refractivity contribution is 9.10. The predicted molar refractivity (Wildman–Crippen MR) is 108 cm³/mol. The van der Waals surface area contributed by atoms with Crippen LogP contribution in [-0.2, 0) is 0 Å². The van der Waals surface area contributed by atoms with E-state index in [9.17, 15) is 5.11 Å². The molecule has 0 amide bonds. The van der Waals surface area contributed by atoms with Crippen molar-refractivity contribution < 1.29 is 5.11 Å². The first kappa shape index (κ1) is 16.8. The molecule has 0 aliphatic heterocycles. The molecule has 1 nitrogen and oxygen atoms in total. The van der Waals surface area contributed by atoms with Crippen molar-refractivity contribution in [3.8, 4) is 0 Å². The van der Waals surface area contributed by atoms with E-state index in [0.29, 0.717) is 11.5 Å². The van der Waals surface area contributed by atoms with Gasteiger partial charge in [0.25, 0.3) is 0 Å². The van der Waals surface area contributed by atoms with E-state index in [1.807, 2.05) is 0 Å². The van der Waals surface area contributed by atoms with Crippen LogP contribution in [0.1, 0.15) is 48.8 Å². The van der Waals surface area contributed by atoms with Gasteiger partial charge in [0.2, 0.25) is 0 Å². The van der Waals surface area contributed by atoms with E-state index < -0.39 is 8.07 Å². The maximum atomic E-state index is 10.4. The smallest absolute Gasteiger partial charge is 0.0551 e. The molecule has 2 aromatic rings. The molecule has 0 bridgehead atoms. The Morgan fingerprint density at radius 1 is 1.12 bits per heavy atom. The maximum absolute atomic E-state index is 10.4. The highest BCUT2D eigenvalue weighted by Crippen LogP contribution is 2.61.